The number of carbonyl (C=O) groups is 1. The first-order valence-electron chi connectivity index (χ1n) is 7.85. The van der Waals surface area contributed by atoms with Crippen molar-refractivity contribution < 1.29 is 4.79 Å². The summed E-state index contributed by atoms with van der Waals surface area (Å²) in [6, 6.07) is 2.11. The van der Waals surface area contributed by atoms with Gasteiger partial charge in [0.25, 0.3) is 5.91 Å². The molecule has 2 unspecified atom stereocenters. The molecule has 1 amide bonds. The number of anilines is 1. The van der Waals surface area contributed by atoms with Gasteiger partial charge in [-0.15, -0.1) is 0 Å². The van der Waals surface area contributed by atoms with Crippen LogP contribution in [0, 0.1) is 0 Å². The molecule has 0 saturated heterocycles. The second kappa shape index (κ2) is 8.27. The zero-order valence-corrected chi connectivity index (χ0v) is 13.7. The minimum Gasteiger partial charge on any atom is -0.383 e. The van der Waals surface area contributed by atoms with Gasteiger partial charge in [-0.1, -0.05) is 13.8 Å². The lowest BCUT2D eigenvalue weighted by molar-refractivity contribution is 0.0938. The van der Waals surface area contributed by atoms with E-state index in [-0.39, 0.29) is 5.91 Å². The van der Waals surface area contributed by atoms with Crippen LogP contribution in [-0.4, -0.2) is 34.5 Å². The molecular formula is C16H25N3OS. The number of hydrogen-bond acceptors (Lipinski definition) is 4. The lowest BCUT2D eigenvalue weighted by Crippen LogP contribution is -2.33. The van der Waals surface area contributed by atoms with Gasteiger partial charge >= 0.3 is 0 Å². The zero-order chi connectivity index (χ0) is 15.1. The quantitative estimate of drug-likeness (QED) is 0.811. The Morgan fingerprint density at radius 1 is 1.43 bits per heavy atom. The minimum atomic E-state index is 0.0168. The third-order valence-electron chi connectivity index (χ3n) is 3.75. The summed E-state index contributed by atoms with van der Waals surface area (Å²) in [5.41, 5.74) is 1.53. The van der Waals surface area contributed by atoms with Crippen molar-refractivity contribution in [2.75, 3.05) is 17.6 Å². The SMILES string of the molecule is CCCNc1cnccc1C(=O)NC1CCC(SCC)C1. The van der Waals surface area contributed by atoms with Crippen LogP contribution in [0.5, 0.6) is 0 Å². The standard InChI is InChI=1S/C16H25N3OS/c1-3-8-18-15-11-17-9-7-14(15)16(20)19-12-5-6-13(10-12)21-4-2/h7,9,11-13,18H,3-6,8,10H2,1-2H3,(H,19,20). The van der Waals surface area contributed by atoms with Crippen molar-refractivity contribution >= 4 is 23.4 Å². The number of pyridine rings is 1. The number of amides is 1. The highest BCUT2D eigenvalue weighted by Gasteiger charge is 2.26. The van der Waals surface area contributed by atoms with Crippen LogP contribution in [-0.2, 0) is 0 Å². The number of aromatic nitrogens is 1. The maximum absolute atomic E-state index is 12.5. The van der Waals surface area contributed by atoms with Gasteiger partial charge in [0.1, 0.15) is 0 Å². The Hall–Kier alpha value is -1.23. The first kappa shape index (κ1) is 16.1. The fourth-order valence-corrected chi connectivity index (χ4v) is 3.86. The van der Waals surface area contributed by atoms with Crippen molar-refractivity contribution in [3.05, 3.63) is 24.0 Å². The van der Waals surface area contributed by atoms with Gasteiger partial charge in [0, 0.05) is 24.0 Å². The van der Waals surface area contributed by atoms with Gasteiger partial charge in [-0.3, -0.25) is 9.78 Å². The summed E-state index contributed by atoms with van der Waals surface area (Å²) in [5.74, 6) is 1.17. The van der Waals surface area contributed by atoms with E-state index in [1.807, 2.05) is 11.8 Å². The van der Waals surface area contributed by atoms with Crippen molar-refractivity contribution in [1.29, 1.82) is 0 Å². The van der Waals surface area contributed by atoms with Crippen LogP contribution in [0.4, 0.5) is 5.69 Å². The molecule has 1 heterocycles. The molecule has 0 radical (unpaired) electrons. The molecule has 5 heteroatoms. The average Bonchev–Trinajstić information content (AvgIpc) is 2.93. The Morgan fingerprint density at radius 3 is 3.05 bits per heavy atom. The molecule has 2 rings (SSSR count). The van der Waals surface area contributed by atoms with Crippen LogP contribution in [0.3, 0.4) is 0 Å². The van der Waals surface area contributed by atoms with Crippen LogP contribution >= 0.6 is 11.8 Å². The highest BCUT2D eigenvalue weighted by Crippen LogP contribution is 2.30. The zero-order valence-electron chi connectivity index (χ0n) is 12.9. The Bertz CT molecular complexity index is 467. The van der Waals surface area contributed by atoms with Crippen molar-refractivity contribution in [3.8, 4) is 0 Å². The van der Waals surface area contributed by atoms with E-state index in [1.54, 1.807) is 18.5 Å². The Kier molecular flexibility index (Phi) is 6.36. The molecule has 1 aliphatic carbocycles. The molecule has 0 spiro atoms. The van der Waals surface area contributed by atoms with E-state index in [0.29, 0.717) is 16.9 Å². The first-order valence-corrected chi connectivity index (χ1v) is 8.89. The van der Waals surface area contributed by atoms with E-state index >= 15 is 0 Å². The summed E-state index contributed by atoms with van der Waals surface area (Å²) in [7, 11) is 0. The monoisotopic (exact) mass is 307 g/mol. The van der Waals surface area contributed by atoms with Crippen LogP contribution in [0.2, 0.25) is 0 Å². The molecule has 1 aliphatic rings. The van der Waals surface area contributed by atoms with Crippen molar-refractivity contribution in [2.24, 2.45) is 0 Å². The lowest BCUT2D eigenvalue weighted by Gasteiger charge is -2.15. The minimum absolute atomic E-state index is 0.0168. The number of carbonyl (C=O) groups excluding carboxylic acids is 1. The van der Waals surface area contributed by atoms with Gasteiger partial charge in [-0.05, 0) is 37.5 Å². The largest absolute Gasteiger partial charge is 0.383 e. The molecule has 1 fully saturated rings. The van der Waals surface area contributed by atoms with Gasteiger partial charge < -0.3 is 10.6 Å². The van der Waals surface area contributed by atoms with Crippen LogP contribution < -0.4 is 10.6 Å². The molecule has 1 aromatic rings. The Balaban J connectivity index is 1.94. The van der Waals surface area contributed by atoms with E-state index < -0.39 is 0 Å². The first-order chi connectivity index (χ1) is 10.2. The van der Waals surface area contributed by atoms with E-state index in [2.05, 4.69) is 29.5 Å². The normalized spacial score (nSPS) is 21.2. The summed E-state index contributed by atoms with van der Waals surface area (Å²) < 4.78 is 0. The number of nitrogens with one attached hydrogen (secondary N) is 2. The molecule has 4 nitrogen and oxygen atoms in total. The Morgan fingerprint density at radius 2 is 2.29 bits per heavy atom. The number of hydrogen-bond donors (Lipinski definition) is 2. The maximum Gasteiger partial charge on any atom is 0.253 e. The maximum atomic E-state index is 12.5. The predicted molar refractivity (Wildman–Crippen MR) is 90.0 cm³/mol. The smallest absolute Gasteiger partial charge is 0.253 e. The molecule has 0 aliphatic heterocycles. The van der Waals surface area contributed by atoms with Crippen LogP contribution in [0.15, 0.2) is 18.5 Å². The van der Waals surface area contributed by atoms with E-state index in [0.717, 1.165) is 37.2 Å². The molecular weight excluding hydrogens is 282 g/mol. The number of thioether (sulfide) groups is 1. The molecule has 21 heavy (non-hydrogen) atoms. The molecule has 1 saturated carbocycles. The topological polar surface area (TPSA) is 54.0 Å². The van der Waals surface area contributed by atoms with E-state index in [4.69, 9.17) is 0 Å². The third kappa shape index (κ3) is 4.63. The van der Waals surface area contributed by atoms with Gasteiger partial charge in [-0.25, -0.2) is 0 Å². The van der Waals surface area contributed by atoms with Crippen molar-refractivity contribution in [1.82, 2.24) is 10.3 Å². The van der Waals surface area contributed by atoms with Crippen molar-refractivity contribution in [3.63, 3.8) is 0 Å². The predicted octanol–water partition coefficient (Wildman–Crippen LogP) is 3.31. The van der Waals surface area contributed by atoms with Gasteiger partial charge in [0.05, 0.1) is 17.4 Å². The number of nitrogens with zero attached hydrogens (tertiary/aromatic N) is 1. The number of rotatable bonds is 7. The van der Waals surface area contributed by atoms with E-state index in [9.17, 15) is 4.79 Å². The summed E-state index contributed by atoms with van der Waals surface area (Å²) in [5, 5.41) is 7.15. The van der Waals surface area contributed by atoms with Gasteiger partial charge in [0.15, 0.2) is 0 Å². The molecule has 2 atom stereocenters. The highest BCUT2D eigenvalue weighted by molar-refractivity contribution is 7.99. The van der Waals surface area contributed by atoms with Crippen molar-refractivity contribution in [2.45, 2.75) is 50.8 Å². The van der Waals surface area contributed by atoms with Crippen LogP contribution in [0.1, 0.15) is 49.9 Å². The molecule has 0 aromatic carbocycles. The second-order valence-corrected chi connectivity index (χ2v) is 6.99. The lowest BCUT2D eigenvalue weighted by atomic mass is 10.1. The summed E-state index contributed by atoms with van der Waals surface area (Å²) in [4.78, 5) is 16.6. The molecule has 116 valence electrons. The molecule has 2 N–H and O–H groups in total. The Labute approximate surface area is 131 Å². The molecule has 0 bridgehead atoms. The fourth-order valence-electron chi connectivity index (χ4n) is 2.71. The van der Waals surface area contributed by atoms with Gasteiger partial charge in [0.2, 0.25) is 0 Å². The van der Waals surface area contributed by atoms with E-state index in [1.165, 1.54) is 6.42 Å². The van der Waals surface area contributed by atoms with Crippen LogP contribution in [0.25, 0.3) is 0 Å². The summed E-state index contributed by atoms with van der Waals surface area (Å²) in [6.07, 6.45) is 7.82. The third-order valence-corrected chi connectivity index (χ3v) is 4.99. The molecule has 1 aromatic heterocycles. The fraction of sp³-hybridized carbons (Fsp3) is 0.625. The second-order valence-electron chi connectivity index (χ2n) is 5.41. The highest BCUT2D eigenvalue weighted by atomic mass is 32.2. The average molecular weight is 307 g/mol. The summed E-state index contributed by atoms with van der Waals surface area (Å²) >= 11 is 2.01. The summed E-state index contributed by atoms with van der Waals surface area (Å²) in [6.45, 7) is 5.15. The van der Waals surface area contributed by atoms with Gasteiger partial charge in [-0.2, -0.15) is 11.8 Å².